The molecule has 0 unspecified atom stereocenters. The van der Waals surface area contributed by atoms with Gasteiger partial charge in [-0.1, -0.05) is 33.6 Å². The minimum absolute atomic E-state index is 0.0271. The number of nitro groups is 1. The van der Waals surface area contributed by atoms with E-state index in [9.17, 15) is 14.9 Å². The fourth-order valence-electron chi connectivity index (χ4n) is 2.16. The maximum absolute atomic E-state index is 12.2. The van der Waals surface area contributed by atoms with Gasteiger partial charge in [0.15, 0.2) is 5.76 Å². The molecule has 7 nitrogen and oxygen atoms in total. The van der Waals surface area contributed by atoms with E-state index in [1.165, 1.54) is 18.3 Å². The Balaban J connectivity index is 1.77. The van der Waals surface area contributed by atoms with Crippen LogP contribution in [0.4, 0.5) is 5.69 Å². The van der Waals surface area contributed by atoms with Crippen LogP contribution in [0.5, 0.6) is 0 Å². The zero-order valence-electron chi connectivity index (χ0n) is 12.7. The lowest BCUT2D eigenvalue weighted by Crippen LogP contribution is -2.16. The molecule has 1 amide bonds. The fourth-order valence-corrected chi connectivity index (χ4v) is 4.01. The van der Waals surface area contributed by atoms with Crippen molar-refractivity contribution in [3.05, 3.63) is 70.9 Å². The van der Waals surface area contributed by atoms with Crippen LogP contribution in [0.15, 0.2) is 50.4 Å². The number of carbonyl (C=O) groups excluding carboxylic acids is 1. The number of hydrogen-bond donors (Lipinski definition) is 1. The topological polar surface area (TPSA) is 97.7 Å². The SMILES string of the molecule is O=C(N/N=C\c1ccc(Cl)c([N+](=O)[O-])c1)c1cc2cc(Br)cc(I)c2o1. The van der Waals surface area contributed by atoms with Gasteiger partial charge in [0.25, 0.3) is 5.69 Å². The Kier molecular flexibility index (Phi) is 5.58. The molecule has 0 radical (unpaired) electrons. The quantitative estimate of drug-likeness (QED) is 0.212. The van der Waals surface area contributed by atoms with Crippen LogP contribution in [0, 0.1) is 13.7 Å². The molecule has 0 aliphatic carbocycles. The summed E-state index contributed by atoms with van der Waals surface area (Å²) in [7, 11) is 0. The number of halogens is 3. The standard InChI is InChI=1S/C16H8BrClIN3O4/c17-10-4-9-5-14(26-15(9)12(19)6-10)16(23)21-20-7-8-1-2-11(18)13(3-8)22(24)25/h1-7H,(H,21,23)/b20-7-. The van der Waals surface area contributed by atoms with Gasteiger partial charge in [0, 0.05) is 21.5 Å². The molecule has 3 rings (SSSR count). The molecule has 0 aliphatic rings. The highest BCUT2D eigenvalue weighted by Crippen LogP contribution is 2.28. The van der Waals surface area contributed by atoms with Crippen molar-refractivity contribution < 1.29 is 14.1 Å². The molecular weight excluding hydrogens is 540 g/mol. The van der Waals surface area contributed by atoms with Gasteiger partial charge in [-0.25, -0.2) is 5.43 Å². The third kappa shape index (κ3) is 4.05. The number of amides is 1. The molecule has 2 aromatic carbocycles. The summed E-state index contributed by atoms with van der Waals surface area (Å²) in [4.78, 5) is 22.4. The van der Waals surface area contributed by atoms with Gasteiger partial charge in [0.05, 0.1) is 14.7 Å². The van der Waals surface area contributed by atoms with Crippen molar-refractivity contribution in [1.29, 1.82) is 0 Å². The summed E-state index contributed by atoms with van der Waals surface area (Å²) < 4.78 is 7.31. The Morgan fingerprint density at radius 3 is 2.85 bits per heavy atom. The van der Waals surface area contributed by atoms with Gasteiger partial charge in [-0.05, 0) is 46.9 Å². The number of hydrogen-bond acceptors (Lipinski definition) is 5. The second-order valence-electron chi connectivity index (χ2n) is 5.08. The van der Waals surface area contributed by atoms with E-state index in [1.807, 2.05) is 12.1 Å². The van der Waals surface area contributed by atoms with Gasteiger partial charge >= 0.3 is 5.91 Å². The predicted octanol–water partition coefficient (Wildman–Crippen LogP) is 5.13. The Bertz CT molecular complexity index is 1070. The van der Waals surface area contributed by atoms with E-state index in [-0.39, 0.29) is 16.5 Å². The van der Waals surface area contributed by atoms with Gasteiger partial charge in [0.1, 0.15) is 10.6 Å². The van der Waals surface area contributed by atoms with Crippen molar-refractivity contribution in [1.82, 2.24) is 5.43 Å². The zero-order valence-corrected chi connectivity index (χ0v) is 17.2. The Labute approximate surface area is 173 Å². The molecule has 1 aromatic heterocycles. The Morgan fingerprint density at radius 2 is 2.12 bits per heavy atom. The Hall–Kier alpha value is -1.98. The number of carbonyl (C=O) groups is 1. The normalized spacial score (nSPS) is 11.2. The van der Waals surface area contributed by atoms with Gasteiger partial charge in [-0.3, -0.25) is 14.9 Å². The number of hydrazone groups is 1. The first kappa shape index (κ1) is 18.8. The highest BCUT2D eigenvalue weighted by atomic mass is 127. The lowest BCUT2D eigenvalue weighted by molar-refractivity contribution is -0.384. The van der Waals surface area contributed by atoms with Crippen LogP contribution in [0.1, 0.15) is 16.1 Å². The second-order valence-corrected chi connectivity index (χ2v) is 7.57. The number of fused-ring (bicyclic) bond motifs is 1. The van der Waals surface area contributed by atoms with E-state index in [2.05, 4.69) is 49.0 Å². The molecule has 26 heavy (non-hydrogen) atoms. The third-order valence-electron chi connectivity index (χ3n) is 3.31. The fraction of sp³-hybridized carbons (Fsp3) is 0. The summed E-state index contributed by atoms with van der Waals surface area (Å²) in [5, 5.41) is 15.5. The minimum Gasteiger partial charge on any atom is -0.450 e. The average Bonchev–Trinajstić information content (AvgIpc) is 3.00. The van der Waals surface area contributed by atoms with Gasteiger partial charge in [-0.2, -0.15) is 5.10 Å². The lowest BCUT2D eigenvalue weighted by atomic mass is 10.2. The van der Waals surface area contributed by atoms with Crippen molar-refractivity contribution in [3.8, 4) is 0 Å². The van der Waals surface area contributed by atoms with Crippen molar-refractivity contribution in [3.63, 3.8) is 0 Å². The maximum atomic E-state index is 12.2. The number of rotatable bonds is 4. The van der Waals surface area contributed by atoms with Crippen molar-refractivity contribution in [2.75, 3.05) is 0 Å². The predicted molar refractivity (Wildman–Crippen MR) is 110 cm³/mol. The van der Waals surface area contributed by atoms with Gasteiger partial charge in [0.2, 0.25) is 0 Å². The number of nitro benzene ring substituents is 1. The van der Waals surface area contributed by atoms with E-state index in [0.29, 0.717) is 11.1 Å². The Morgan fingerprint density at radius 1 is 1.35 bits per heavy atom. The number of benzene rings is 2. The van der Waals surface area contributed by atoms with Crippen LogP contribution >= 0.6 is 50.1 Å². The maximum Gasteiger partial charge on any atom is 0.307 e. The first-order valence-electron chi connectivity index (χ1n) is 7.01. The van der Waals surface area contributed by atoms with Crippen LogP contribution in [-0.4, -0.2) is 17.0 Å². The van der Waals surface area contributed by atoms with Crippen LogP contribution in [0.3, 0.4) is 0 Å². The lowest BCUT2D eigenvalue weighted by Gasteiger charge is -1.98. The highest BCUT2D eigenvalue weighted by Gasteiger charge is 2.15. The molecule has 1 heterocycles. The summed E-state index contributed by atoms with van der Waals surface area (Å²) in [6.45, 7) is 0. The summed E-state index contributed by atoms with van der Waals surface area (Å²) in [6.07, 6.45) is 1.28. The number of nitrogens with one attached hydrogen (secondary N) is 1. The summed E-state index contributed by atoms with van der Waals surface area (Å²) in [6, 6.07) is 9.53. The summed E-state index contributed by atoms with van der Waals surface area (Å²) in [5.74, 6) is -0.428. The monoisotopic (exact) mass is 547 g/mol. The van der Waals surface area contributed by atoms with E-state index < -0.39 is 10.8 Å². The smallest absolute Gasteiger partial charge is 0.307 e. The van der Waals surface area contributed by atoms with Crippen molar-refractivity contribution >= 4 is 78.9 Å². The summed E-state index contributed by atoms with van der Waals surface area (Å²) >= 11 is 11.3. The van der Waals surface area contributed by atoms with Crippen LogP contribution in [0.2, 0.25) is 5.02 Å². The third-order valence-corrected chi connectivity index (χ3v) is 4.88. The molecule has 0 fully saturated rings. The minimum atomic E-state index is -0.591. The first-order chi connectivity index (χ1) is 12.3. The number of nitrogens with zero attached hydrogens (tertiary/aromatic N) is 2. The molecule has 1 N–H and O–H groups in total. The van der Waals surface area contributed by atoms with Gasteiger partial charge in [-0.15, -0.1) is 0 Å². The molecule has 0 aliphatic heterocycles. The van der Waals surface area contributed by atoms with Crippen LogP contribution in [-0.2, 0) is 0 Å². The van der Waals surface area contributed by atoms with E-state index >= 15 is 0 Å². The van der Waals surface area contributed by atoms with E-state index in [4.69, 9.17) is 16.0 Å². The van der Waals surface area contributed by atoms with Crippen molar-refractivity contribution in [2.45, 2.75) is 0 Å². The highest BCUT2D eigenvalue weighted by molar-refractivity contribution is 14.1. The number of furan rings is 1. The summed E-state index contributed by atoms with van der Waals surface area (Å²) in [5.41, 5.74) is 3.12. The van der Waals surface area contributed by atoms with Gasteiger partial charge < -0.3 is 4.42 Å². The molecule has 0 saturated carbocycles. The largest absolute Gasteiger partial charge is 0.450 e. The first-order valence-corrected chi connectivity index (χ1v) is 9.26. The van der Waals surface area contributed by atoms with E-state index in [0.717, 1.165) is 13.4 Å². The molecule has 0 saturated heterocycles. The van der Waals surface area contributed by atoms with Crippen LogP contribution in [0.25, 0.3) is 11.0 Å². The molecule has 3 aromatic rings. The molecule has 10 heteroatoms. The molecule has 132 valence electrons. The van der Waals surface area contributed by atoms with Crippen LogP contribution < -0.4 is 5.43 Å². The average molecular weight is 549 g/mol. The molecule has 0 atom stereocenters. The molecule has 0 spiro atoms. The molecular formula is C16H8BrClIN3O4. The molecule has 0 bridgehead atoms. The second kappa shape index (κ2) is 7.72. The zero-order chi connectivity index (χ0) is 18.8. The van der Waals surface area contributed by atoms with Crippen molar-refractivity contribution in [2.24, 2.45) is 5.10 Å². The van der Waals surface area contributed by atoms with E-state index in [1.54, 1.807) is 12.1 Å².